The van der Waals surface area contributed by atoms with Crippen LogP contribution >= 0.6 is 24.2 Å². The van der Waals surface area contributed by atoms with Crippen molar-refractivity contribution < 1.29 is 27.9 Å². The number of methoxy groups -OCH3 is 1. The Bertz CT molecular complexity index is 1210. The topological polar surface area (TPSA) is 139 Å². The SMILES string of the molecule is CCCC(CCC)S(=O)(=O)C[C@H](NC(=O)CSC)C(=O)N(Cc1cccc(OC)c1)C[C@@H](O)[C@@H](N)Cc1ccccc1.Cl. The molecule has 0 unspecified atom stereocenters. The van der Waals surface area contributed by atoms with Crippen LogP contribution in [0.15, 0.2) is 54.6 Å². The molecule has 12 heteroatoms. The lowest BCUT2D eigenvalue weighted by Crippen LogP contribution is -2.55. The first-order chi connectivity index (χ1) is 20.0. The zero-order chi connectivity index (χ0) is 31.1. The minimum absolute atomic E-state index is 0. The Morgan fingerprint density at radius 1 is 1.05 bits per heavy atom. The van der Waals surface area contributed by atoms with E-state index in [-0.39, 0.29) is 31.2 Å². The predicted octanol–water partition coefficient (Wildman–Crippen LogP) is 3.61. The van der Waals surface area contributed by atoms with Crippen LogP contribution < -0.4 is 15.8 Å². The summed E-state index contributed by atoms with van der Waals surface area (Å²) in [6, 6.07) is 14.7. The third kappa shape index (κ3) is 13.1. The van der Waals surface area contributed by atoms with Crippen LogP contribution in [-0.2, 0) is 32.4 Å². The van der Waals surface area contributed by atoms with Crippen LogP contribution in [-0.4, -0.2) is 85.1 Å². The molecule has 0 spiro atoms. The van der Waals surface area contributed by atoms with Crippen molar-refractivity contribution in [1.29, 1.82) is 0 Å². The molecule has 2 amide bonds. The summed E-state index contributed by atoms with van der Waals surface area (Å²) >= 11 is 1.28. The standard InChI is InChI=1S/C31H47N3O6S2.ClH/c1-5-11-26(12-6-2)42(38,39)22-28(33-30(36)21-41-4)31(37)34(19-24-15-10-16-25(17-24)40-3)20-29(35)27(32)18-23-13-8-7-9-14-23;/h7-10,13-17,26-29,35H,5-6,11-12,18-22,32H2,1-4H3,(H,33,36);1H/t27-,28-,29+;/m0./s1. The highest BCUT2D eigenvalue weighted by Crippen LogP contribution is 2.20. The van der Waals surface area contributed by atoms with E-state index in [9.17, 15) is 23.1 Å². The van der Waals surface area contributed by atoms with E-state index in [2.05, 4.69) is 5.32 Å². The second-order valence-electron chi connectivity index (χ2n) is 10.6. The first kappa shape index (κ1) is 38.7. The van der Waals surface area contributed by atoms with E-state index in [0.717, 1.165) is 11.1 Å². The molecule has 0 aliphatic rings. The number of benzene rings is 2. The van der Waals surface area contributed by atoms with E-state index >= 15 is 0 Å². The molecule has 2 rings (SSSR count). The van der Waals surface area contributed by atoms with Gasteiger partial charge in [0.15, 0.2) is 9.84 Å². The van der Waals surface area contributed by atoms with Crippen LogP contribution in [0.1, 0.15) is 50.7 Å². The molecule has 43 heavy (non-hydrogen) atoms. The number of hydrogen-bond donors (Lipinski definition) is 3. The average molecular weight is 658 g/mol. The van der Waals surface area contributed by atoms with Gasteiger partial charge in [-0.25, -0.2) is 8.42 Å². The maximum atomic E-state index is 14.1. The van der Waals surface area contributed by atoms with Crippen LogP contribution in [0, 0.1) is 0 Å². The summed E-state index contributed by atoms with van der Waals surface area (Å²) in [5.74, 6) is -0.861. The van der Waals surface area contributed by atoms with Gasteiger partial charge in [0.05, 0.1) is 30.0 Å². The molecule has 0 saturated heterocycles. The maximum absolute atomic E-state index is 14.1. The summed E-state index contributed by atoms with van der Waals surface area (Å²) in [5, 5.41) is 13.2. The van der Waals surface area contributed by atoms with E-state index in [1.165, 1.54) is 16.7 Å². The highest BCUT2D eigenvalue weighted by molar-refractivity contribution is 7.99. The number of nitrogens with one attached hydrogen (secondary N) is 1. The summed E-state index contributed by atoms with van der Waals surface area (Å²) < 4.78 is 32.4. The lowest BCUT2D eigenvalue weighted by molar-refractivity contribution is -0.137. The van der Waals surface area contributed by atoms with Gasteiger partial charge in [0.2, 0.25) is 11.8 Å². The van der Waals surface area contributed by atoms with E-state index in [1.54, 1.807) is 31.6 Å². The fraction of sp³-hybridized carbons (Fsp3) is 0.548. The Balaban J connectivity index is 0.00000924. The number of rotatable bonds is 19. The lowest BCUT2D eigenvalue weighted by Gasteiger charge is -2.32. The normalized spacial score (nSPS) is 13.5. The number of sulfone groups is 1. The fourth-order valence-corrected chi connectivity index (χ4v) is 7.38. The Hall–Kier alpha value is -2.31. The molecular weight excluding hydrogens is 610 g/mol. The molecule has 242 valence electrons. The highest BCUT2D eigenvalue weighted by Gasteiger charge is 2.35. The molecule has 0 radical (unpaired) electrons. The number of halogens is 1. The van der Waals surface area contributed by atoms with Crippen molar-refractivity contribution in [1.82, 2.24) is 10.2 Å². The van der Waals surface area contributed by atoms with Crippen molar-refractivity contribution in [2.24, 2.45) is 5.73 Å². The monoisotopic (exact) mass is 657 g/mol. The zero-order valence-electron chi connectivity index (χ0n) is 25.6. The largest absolute Gasteiger partial charge is 0.497 e. The first-order valence-electron chi connectivity index (χ1n) is 14.4. The van der Waals surface area contributed by atoms with Gasteiger partial charge in [0.25, 0.3) is 0 Å². The number of nitrogens with two attached hydrogens (primary N) is 1. The van der Waals surface area contributed by atoms with Crippen LogP contribution in [0.4, 0.5) is 0 Å². The number of nitrogens with zero attached hydrogens (tertiary/aromatic N) is 1. The number of hydrogen-bond acceptors (Lipinski definition) is 8. The Morgan fingerprint density at radius 2 is 1.67 bits per heavy atom. The van der Waals surface area contributed by atoms with Crippen molar-refractivity contribution >= 4 is 45.8 Å². The number of carbonyl (C=O) groups is 2. The summed E-state index contributed by atoms with van der Waals surface area (Å²) in [4.78, 5) is 28.2. The van der Waals surface area contributed by atoms with Crippen molar-refractivity contribution in [3.05, 3.63) is 65.7 Å². The first-order valence-corrected chi connectivity index (χ1v) is 17.5. The third-order valence-corrected chi connectivity index (χ3v) is 9.91. The molecule has 0 fully saturated rings. The number of carbonyl (C=O) groups excluding carboxylic acids is 2. The molecule has 0 saturated carbocycles. The lowest BCUT2D eigenvalue weighted by atomic mass is 10.0. The molecule has 9 nitrogen and oxygen atoms in total. The molecule has 0 aromatic heterocycles. The summed E-state index contributed by atoms with van der Waals surface area (Å²) in [6.45, 7) is 3.77. The summed E-state index contributed by atoms with van der Waals surface area (Å²) in [7, 11) is -2.19. The number of aliphatic hydroxyl groups is 1. The molecule has 2 aromatic rings. The summed E-state index contributed by atoms with van der Waals surface area (Å²) in [6.07, 6.45) is 3.38. The molecule has 2 aromatic carbocycles. The molecular formula is C31H48ClN3O6S2. The second kappa shape index (κ2) is 19.9. The van der Waals surface area contributed by atoms with Gasteiger partial charge in [0, 0.05) is 19.1 Å². The molecule has 0 aliphatic heterocycles. The smallest absolute Gasteiger partial charge is 0.246 e. The zero-order valence-corrected chi connectivity index (χ0v) is 28.1. The molecule has 3 atom stereocenters. The van der Waals surface area contributed by atoms with E-state index in [4.69, 9.17) is 10.5 Å². The van der Waals surface area contributed by atoms with Crippen LogP contribution in [0.25, 0.3) is 0 Å². The number of aliphatic hydroxyl groups excluding tert-OH is 1. The fourth-order valence-electron chi connectivity index (χ4n) is 4.89. The number of amides is 2. The van der Waals surface area contributed by atoms with Crippen molar-refractivity contribution in [3.8, 4) is 5.75 Å². The van der Waals surface area contributed by atoms with Gasteiger partial charge >= 0.3 is 0 Å². The van der Waals surface area contributed by atoms with E-state index in [0.29, 0.717) is 37.9 Å². The van der Waals surface area contributed by atoms with Gasteiger partial charge in [0.1, 0.15) is 11.8 Å². The highest BCUT2D eigenvalue weighted by atomic mass is 35.5. The van der Waals surface area contributed by atoms with Crippen molar-refractivity contribution in [3.63, 3.8) is 0 Å². The Morgan fingerprint density at radius 3 is 2.26 bits per heavy atom. The van der Waals surface area contributed by atoms with E-state index in [1.807, 2.05) is 50.2 Å². The molecule has 4 N–H and O–H groups in total. The summed E-state index contributed by atoms with van der Waals surface area (Å²) in [5.41, 5.74) is 8.03. The van der Waals surface area contributed by atoms with Gasteiger partial charge in [-0.3, -0.25) is 9.59 Å². The van der Waals surface area contributed by atoms with Gasteiger partial charge in [-0.1, -0.05) is 69.2 Å². The van der Waals surface area contributed by atoms with Crippen LogP contribution in [0.2, 0.25) is 0 Å². The molecule has 0 aliphatic carbocycles. The minimum Gasteiger partial charge on any atom is -0.497 e. The number of ether oxygens (including phenoxy) is 1. The van der Waals surface area contributed by atoms with E-state index < -0.39 is 50.8 Å². The predicted molar refractivity (Wildman–Crippen MR) is 177 cm³/mol. The van der Waals surface area contributed by atoms with Crippen LogP contribution in [0.3, 0.4) is 0 Å². The Labute approximate surface area is 267 Å². The van der Waals surface area contributed by atoms with Crippen molar-refractivity contribution in [2.75, 3.05) is 31.4 Å². The molecule has 0 bridgehead atoms. The molecule has 0 heterocycles. The maximum Gasteiger partial charge on any atom is 0.246 e. The van der Waals surface area contributed by atoms with Gasteiger partial charge in [-0.15, -0.1) is 12.4 Å². The quantitative estimate of drug-likeness (QED) is 0.208. The van der Waals surface area contributed by atoms with Gasteiger partial charge < -0.3 is 25.8 Å². The second-order valence-corrected chi connectivity index (χ2v) is 13.8. The third-order valence-electron chi connectivity index (χ3n) is 7.07. The minimum atomic E-state index is -3.73. The van der Waals surface area contributed by atoms with Crippen molar-refractivity contribution in [2.45, 2.75) is 75.9 Å². The number of thioether (sulfide) groups is 1. The van der Waals surface area contributed by atoms with Crippen LogP contribution in [0.5, 0.6) is 5.75 Å². The Kier molecular flexibility index (Phi) is 17.9. The van der Waals surface area contributed by atoms with Gasteiger partial charge in [-0.2, -0.15) is 11.8 Å². The average Bonchev–Trinajstić information content (AvgIpc) is 2.96. The van der Waals surface area contributed by atoms with Gasteiger partial charge in [-0.05, 0) is 48.8 Å².